The summed E-state index contributed by atoms with van der Waals surface area (Å²) >= 11 is 0. The molecule has 7 heteroatoms. The van der Waals surface area contributed by atoms with E-state index < -0.39 is 0 Å². The minimum Gasteiger partial charge on any atom is -0.379 e. The minimum absolute atomic E-state index is 0.00153. The molecule has 7 nitrogen and oxygen atoms in total. The number of hydrogen-bond donors (Lipinski definition) is 1. The van der Waals surface area contributed by atoms with Gasteiger partial charge in [0.2, 0.25) is 0 Å². The topological polar surface area (TPSA) is 62.6 Å². The van der Waals surface area contributed by atoms with Gasteiger partial charge in [-0.15, -0.1) is 0 Å². The summed E-state index contributed by atoms with van der Waals surface area (Å²) in [6.07, 6.45) is 5.33. The average molecular weight is 440 g/mol. The molecular formula is C25H37N5O2. The van der Waals surface area contributed by atoms with Gasteiger partial charge in [-0.2, -0.15) is 0 Å². The van der Waals surface area contributed by atoms with Crippen LogP contribution in [0.4, 0.5) is 5.82 Å². The molecule has 2 aromatic heterocycles. The Bertz CT molecular complexity index is 894. The summed E-state index contributed by atoms with van der Waals surface area (Å²) < 4.78 is 7.51. The second kappa shape index (κ2) is 10.5. The van der Waals surface area contributed by atoms with E-state index in [4.69, 9.17) is 9.72 Å². The van der Waals surface area contributed by atoms with E-state index in [9.17, 15) is 4.79 Å². The quantitative estimate of drug-likeness (QED) is 0.672. The van der Waals surface area contributed by atoms with Gasteiger partial charge in [-0.1, -0.05) is 6.92 Å². The molecule has 2 aliphatic heterocycles. The van der Waals surface area contributed by atoms with Crippen molar-refractivity contribution < 1.29 is 9.53 Å². The van der Waals surface area contributed by atoms with Crippen molar-refractivity contribution in [3.8, 4) is 5.69 Å². The maximum Gasteiger partial charge on any atom is 0.253 e. The van der Waals surface area contributed by atoms with Crippen LogP contribution in [0.25, 0.3) is 5.69 Å². The molecule has 0 spiro atoms. The lowest BCUT2D eigenvalue weighted by molar-refractivity contribution is 0.0374. The van der Waals surface area contributed by atoms with E-state index in [0.29, 0.717) is 6.54 Å². The first-order valence-electron chi connectivity index (χ1n) is 12.0. The van der Waals surface area contributed by atoms with Crippen LogP contribution in [0.5, 0.6) is 0 Å². The van der Waals surface area contributed by atoms with Crippen molar-refractivity contribution in [2.75, 3.05) is 57.4 Å². The third-order valence-electron chi connectivity index (χ3n) is 6.81. The van der Waals surface area contributed by atoms with E-state index in [2.05, 4.69) is 38.7 Å². The maximum atomic E-state index is 12.8. The lowest BCUT2D eigenvalue weighted by Gasteiger charge is -2.31. The van der Waals surface area contributed by atoms with Crippen LogP contribution in [0.2, 0.25) is 0 Å². The van der Waals surface area contributed by atoms with Gasteiger partial charge in [-0.3, -0.25) is 9.69 Å². The van der Waals surface area contributed by atoms with Gasteiger partial charge >= 0.3 is 0 Å². The van der Waals surface area contributed by atoms with Crippen LogP contribution in [-0.4, -0.2) is 72.8 Å². The number of amides is 1. The van der Waals surface area contributed by atoms with Crippen molar-refractivity contribution in [1.29, 1.82) is 0 Å². The average Bonchev–Trinajstić information content (AvgIpc) is 3.12. The molecule has 2 aromatic rings. The largest absolute Gasteiger partial charge is 0.379 e. The van der Waals surface area contributed by atoms with Gasteiger partial charge in [-0.25, -0.2) is 4.98 Å². The Kier molecular flexibility index (Phi) is 7.48. The van der Waals surface area contributed by atoms with Crippen LogP contribution >= 0.6 is 0 Å². The molecular weight excluding hydrogens is 402 g/mol. The number of aryl methyl sites for hydroxylation is 1. The van der Waals surface area contributed by atoms with Crippen LogP contribution < -0.4 is 10.2 Å². The van der Waals surface area contributed by atoms with Crippen LogP contribution in [0.1, 0.15) is 47.9 Å². The van der Waals surface area contributed by atoms with Crippen molar-refractivity contribution in [2.24, 2.45) is 5.92 Å². The normalized spacial score (nSPS) is 18.2. The zero-order chi connectivity index (χ0) is 22.5. The Morgan fingerprint density at radius 3 is 2.59 bits per heavy atom. The van der Waals surface area contributed by atoms with Gasteiger partial charge < -0.3 is 19.5 Å². The van der Waals surface area contributed by atoms with Crippen molar-refractivity contribution in [1.82, 2.24) is 19.8 Å². The second-order valence-electron chi connectivity index (χ2n) is 9.23. The number of nitrogens with zero attached hydrogens (tertiary/aromatic N) is 4. The summed E-state index contributed by atoms with van der Waals surface area (Å²) in [5, 5.41) is 3.09. The number of aromatic nitrogens is 2. The minimum atomic E-state index is -0.00153. The van der Waals surface area contributed by atoms with Crippen LogP contribution in [-0.2, 0) is 4.74 Å². The van der Waals surface area contributed by atoms with Crippen molar-refractivity contribution in [3.05, 3.63) is 41.3 Å². The van der Waals surface area contributed by atoms with E-state index in [1.54, 1.807) is 0 Å². The molecule has 2 fully saturated rings. The zero-order valence-electron chi connectivity index (χ0n) is 19.8. The highest BCUT2D eigenvalue weighted by atomic mass is 16.5. The van der Waals surface area contributed by atoms with Crippen LogP contribution in [0.3, 0.4) is 0 Å². The number of hydrogen-bond acceptors (Lipinski definition) is 5. The Balaban J connectivity index is 1.36. The third-order valence-corrected chi connectivity index (χ3v) is 6.81. The molecule has 0 radical (unpaired) electrons. The van der Waals surface area contributed by atoms with E-state index in [0.717, 1.165) is 86.7 Å². The number of ether oxygens (including phenoxy) is 1. The molecule has 0 bridgehead atoms. The lowest BCUT2D eigenvalue weighted by atomic mass is 9.99. The monoisotopic (exact) mass is 439 g/mol. The molecule has 0 aromatic carbocycles. The van der Waals surface area contributed by atoms with Gasteiger partial charge in [-0.05, 0) is 63.8 Å². The van der Waals surface area contributed by atoms with Crippen molar-refractivity contribution in [3.63, 3.8) is 0 Å². The molecule has 0 unspecified atom stereocenters. The molecule has 32 heavy (non-hydrogen) atoms. The fourth-order valence-corrected chi connectivity index (χ4v) is 4.75. The summed E-state index contributed by atoms with van der Waals surface area (Å²) in [7, 11) is 0. The molecule has 0 aliphatic carbocycles. The molecule has 4 heterocycles. The Labute approximate surface area is 191 Å². The van der Waals surface area contributed by atoms with Crippen LogP contribution in [0.15, 0.2) is 24.4 Å². The van der Waals surface area contributed by atoms with E-state index in [1.807, 2.05) is 26.1 Å². The summed E-state index contributed by atoms with van der Waals surface area (Å²) in [4.78, 5) is 22.3. The Hall–Kier alpha value is -2.38. The van der Waals surface area contributed by atoms with E-state index in [1.165, 1.54) is 12.8 Å². The fraction of sp³-hybridized carbons (Fsp3) is 0.600. The van der Waals surface area contributed by atoms with Crippen LogP contribution in [0, 0.1) is 19.8 Å². The number of nitrogens with one attached hydrogen (secondary N) is 1. The first-order chi connectivity index (χ1) is 15.5. The number of morpholine rings is 1. The van der Waals surface area contributed by atoms with Gasteiger partial charge in [0, 0.05) is 44.1 Å². The molecule has 0 atom stereocenters. The lowest BCUT2D eigenvalue weighted by Crippen LogP contribution is -2.38. The summed E-state index contributed by atoms with van der Waals surface area (Å²) in [5.41, 5.74) is 3.74. The van der Waals surface area contributed by atoms with Gasteiger partial charge in [0.05, 0.1) is 30.7 Å². The summed E-state index contributed by atoms with van der Waals surface area (Å²) in [5.74, 6) is 1.85. The molecule has 4 rings (SSSR count). The highest BCUT2D eigenvalue weighted by Crippen LogP contribution is 2.24. The predicted molar refractivity (Wildman–Crippen MR) is 128 cm³/mol. The highest BCUT2D eigenvalue weighted by Gasteiger charge is 2.19. The summed E-state index contributed by atoms with van der Waals surface area (Å²) in [6.45, 7) is 13.8. The van der Waals surface area contributed by atoms with E-state index in [-0.39, 0.29) is 5.91 Å². The predicted octanol–water partition coefficient (Wildman–Crippen LogP) is 3.18. The molecule has 1 N–H and O–H groups in total. The summed E-state index contributed by atoms with van der Waals surface area (Å²) in [6, 6.07) is 6.20. The molecule has 0 saturated carbocycles. The highest BCUT2D eigenvalue weighted by molar-refractivity contribution is 5.95. The molecule has 174 valence electrons. The SMILES string of the molecule is Cc1cc(C(=O)NCCCN2CCOCC2)c(C)n1-c1ccc(N2CCC(C)CC2)nc1. The van der Waals surface area contributed by atoms with Gasteiger partial charge in [0.1, 0.15) is 5.82 Å². The number of carbonyl (C=O) groups excluding carboxylic acids is 1. The zero-order valence-corrected chi connectivity index (χ0v) is 19.8. The second-order valence-corrected chi connectivity index (χ2v) is 9.23. The smallest absolute Gasteiger partial charge is 0.253 e. The third kappa shape index (κ3) is 5.33. The molecule has 2 aliphatic rings. The molecule has 2 saturated heterocycles. The number of anilines is 1. The number of rotatable bonds is 7. The Morgan fingerprint density at radius 1 is 1.16 bits per heavy atom. The van der Waals surface area contributed by atoms with Gasteiger partial charge in [0.25, 0.3) is 5.91 Å². The number of piperidine rings is 1. The first kappa shape index (κ1) is 22.8. The van der Waals surface area contributed by atoms with E-state index >= 15 is 0 Å². The first-order valence-corrected chi connectivity index (χ1v) is 12.0. The standard InChI is InChI=1S/C25H37N5O2/c1-19-7-11-29(12-8-19)24-6-5-22(18-27-24)30-20(2)17-23(21(30)3)25(31)26-9-4-10-28-13-15-32-16-14-28/h5-6,17-19H,4,7-16H2,1-3H3,(H,26,31). The fourth-order valence-electron chi connectivity index (χ4n) is 4.75. The molecule has 1 amide bonds. The van der Waals surface area contributed by atoms with Crippen molar-refractivity contribution >= 4 is 11.7 Å². The van der Waals surface area contributed by atoms with Gasteiger partial charge in [0.15, 0.2) is 0 Å². The van der Waals surface area contributed by atoms with Crippen molar-refractivity contribution in [2.45, 2.75) is 40.0 Å². The number of carbonyl (C=O) groups is 1. The Morgan fingerprint density at radius 2 is 1.91 bits per heavy atom. The maximum absolute atomic E-state index is 12.8. The number of pyridine rings is 1.